The van der Waals surface area contributed by atoms with Gasteiger partial charge in [-0.3, -0.25) is 9.59 Å². The number of rotatable bonds is 4. The second-order valence-corrected chi connectivity index (χ2v) is 7.78. The van der Waals surface area contributed by atoms with Gasteiger partial charge in [-0.05, 0) is 32.1 Å². The van der Waals surface area contributed by atoms with E-state index in [9.17, 15) is 9.59 Å². The zero-order chi connectivity index (χ0) is 17.7. The van der Waals surface area contributed by atoms with Crippen molar-refractivity contribution in [1.29, 1.82) is 0 Å². The van der Waals surface area contributed by atoms with Crippen LogP contribution in [0.15, 0.2) is 0 Å². The molecule has 7 nitrogen and oxygen atoms in total. The van der Waals surface area contributed by atoms with Crippen molar-refractivity contribution < 1.29 is 33.6 Å². The van der Waals surface area contributed by atoms with Crippen LogP contribution in [-0.4, -0.2) is 36.2 Å². The van der Waals surface area contributed by atoms with Crippen molar-refractivity contribution in [2.45, 2.75) is 76.5 Å². The second kappa shape index (κ2) is 6.21. The highest BCUT2D eigenvalue weighted by Gasteiger charge is 2.69. The average molecular weight is 354 g/mol. The molecule has 5 rings (SSSR count). The number of esters is 2. The molecule has 7 heteroatoms. The number of carbonyl (C=O) groups is 2. The Morgan fingerprint density at radius 2 is 2.12 bits per heavy atom. The number of carbonyl (C=O) groups excluding carboxylic acids is 2. The second-order valence-electron chi connectivity index (χ2n) is 7.78. The van der Waals surface area contributed by atoms with E-state index < -0.39 is 17.7 Å². The minimum atomic E-state index is -1.05. The van der Waals surface area contributed by atoms with E-state index in [1.54, 1.807) is 6.92 Å². The van der Waals surface area contributed by atoms with E-state index in [1.165, 1.54) is 0 Å². The number of hydrogen-bond donors (Lipinski definition) is 0. The van der Waals surface area contributed by atoms with E-state index in [1.807, 2.05) is 0 Å². The Hall–Kier alpha value is -1.18. The van der Waals surface area contributed by atoms with Crippen molar-refractivity contribution in [1.82, 2.24) is 0 Å². The first-order valence-corrected chi connectivity index (χ1v) is 9.39. The summed E-state index contributed by atoms with van der Waals surface area (Å²) >= 11 is 0. The number of ether oxygens (including phenoxy) is 3. The Morgan fingerprint density at radius 1 is 1.28 bits per heavy atom. The molecule has 6 atom stereocenters. The van der Waals surface area contributed by atoms with Crippen LogP contribution in [0.4, 0.5) is 0 Å². The van der Waals surface area contributed by atoms with Gasteiger partial charge in [-0.15, -0.1) is 0 Å². The first-order valence-electron chi connectivity index (χ1n) is 9.39. The molecule has 1 unspecified atom stereocenters. The Kier molecular flexibility index (Phi) is 4.29. The van der Waals surface area contributed by atoms with E-state index >= 15 is 0 Å². The Morgan fingerprint density at radius 3 is 2.92 bits per heavy atom. The van der Waals surface area contributed by atoms with E-state index in [0.717, 1.165) is 19.3 Å². The lowest BCUT2D eigenvalue weighted by molar-refractivity contribution is -0.561. The van der Waals surface area contributed by atoms with E-state index in [2.05, 4.69) is 6.92 Å². The van der Waals surface area contributed by atoms with Crippen molar-refractivity contribution in [2.75, 3.05) is 6.61 Å². The summed E-state index contributed by atoms with van der Waals surface area (Å²) in [4.78, 5) is 35.6. The van der Waals surface area contributed by atoms with Gasteiger partial charge < -0.3 is 14.2 Å². The fourth-order valence-electron chi connectivity index (χ4n) is 5.11. The first-order chi connectivity index (χ1) is 12.0. The predicted molar refractivity (Wildman–Crippen MR) is 83.7 cm³/mol. The molecule has 5 aliphatic rings. The fraction of sp³-hybridized carbons (Fsp3) is 0.889. The molecule has 0 aromatic carbocycles. The van der Waals surface area contributed by atoms with Crippen LogP contribution in [0.2, 0.25) is 0 Å². The molecular formula is C18H26O7. The van der Waals surface area contributed by atoms with Crippen molar-refractivity contribution in [3.05, 3.63) is 0 Å². The molecule has 5 fully saturated rings. The van der Waals surface area contributed by atoms with Gasteiger partial charge in [0.25, 0.3) is 0 Å². The van der Waals surface area contributed by atoms with Crippen LogP contribution in [0.1, 0.15) is 58.8 Å². The maximum Gasteiger partial charge on any atom is 0.308 e. The van der Waals surface area contributed by atoms with Gasteiger partial charge in [-0.25, -0.2) is 9.78 Å². The molecule has 0 aromatic heterocycles. The smallest absolute Gasteiger partial charge is 0.308 e. The third kappa shape index (κ3) is 2.67. The zero-order valence-corrected chi connectivity index (χ0v) is 14.8. The molecule has 0 radical (unpaired) electrons. The molecule has 0 aromatic rings. The van der Waals surface area contributed by atoms with Gasteiger partial charge in [-0.2, -0.15) is 0 Å². The third-order valence-electron chi connectivity index (χ3n) is 6.41. The van der Waals surface area contributed by atoms with Gasteiger partial charge in [0, 0.05) is 24.7 Å². The lowest BCUT2D eigenvalue weighted by Crippen LogP contribution is -2.68. The van der Waals surface area contributed by atoms with Gasteiger partial charge >= 0.3 is 11.9 Å². The van der Waals surface area contributed by atoms with Crippen LogP contribution in [-0.2, 0) is 33.6 Å². The summed E-state index contributed by atoms with van der Waals surface area (Å²) in [5, 5.41) is 0. The average Bonchev–Trinajstić information content (AvgIpc) is 2.83. The lowest BCUT2D eigenvalue weighted by atomic mass is 9.60. The summed E-state index contributed by atoms with van der Waals surface area (Å²) in [6, 6.07) is 0. The van der Waals surface area contributed by atoms with Crippen LogP contribution in [0.3, 0.4) is 0 Å². The van der Waals surface area contributed by atoms with Crippen LogP contribution < -0.4 is 0 Å². The highest BCUT2D eigenvalue weighted by atomic mass is 17.3. The quantitative estimate of drug-likeness (QED) is 0.567. The largest absolute Gasteiger partial charge is 0.466 e. The van der Waals surface area contributed by atoms with E-state index in [-0.39, 0.29) is 30.2 Å². The summed E-state index contributed by atoms with van der Waals surface area (Å²) in [7, 11) is 0. The molecule has 4 saturated heterocycles. The highest BCUT2D eigenvalue weighted by Crippen LogP contribution is 2.59. The summed E-state index contributed by atoms with van der Waals surface area (Å²) in [5.74, 6) is -0.871. The van der Waals surface area contributed by atoms with Gasteiger partial charge in [0.05, 0.1) is 19.4 Å². The van der Waals surface area contributed by atoms with Gasteiger partial charge in [0.1, 0.15) is 0 Å². The molecule has 0 N–H and O–H groups in total. The van der Waals surface area contributed by atoms with Crippen molar-refractivity contribution in [3.8, 4) is 0 Å². The van der Waals surface area contributed by atoms with Crippen LogP contribution in [0.5, 0.6) is 0 Å². The van der Waals surface area contributed by atoms with Crippen LogP contribution in [0.25, 0.3) is 0 Å². The van der Waals surface area contributed by atoms with Crippen molar-refractivity contribution in [3.63, 3.8) is 0 Å². The molecule has 25 heavy (non-hydrogen) atoms. The monoisotopic (exact) mass is 354 g/mol. The predicted octanol–water partition coefficient (Wildman–Crippen LogP) is 2.47. The van der Waals surface area contributed by atoms with Crippen molar-refractivity contribution in [2.24, 2.45) is 17.8 Å². The van der Waals surface area contributed by atoms with Crippen molar-refractivity contribution >= 4 is 11.9 Å². The molecule has 1 saturated carbocycles. The SMILES string of the molecule is CCOC(=O)CC[C@@]12CCC3[C@H](C)CC[C@H]4CC(=O)O[C@H](O1)[C@@]34OO2. The Balaban J connectivity index is 1.60. The van der Waals surface area contributed by atoms with Gasteiger partial charge in [0.15, 0.2) is 5.60 Å². The molecule has 2 bridgehead atoms. The minimum absolute atomic E-state index is 0.0566. The standard InChI is InChI=1S/C18H26O7/c1-3-21-14(19)7-9-17-8-6-13-11(2)4-5-12-10-15(20)22-16(23-17)18(12,13)25-24-17/h11-13,16H,3-10H2,1-2H3/t11-,12+,13?,16-,17+,18+/m1/s1. The normalized spacial score (nSPS) is 45.3. The first kappa shape index (κ1) is 17.2. The minimum Gasteiger partial charge on any atom is -0.466 e. The molecule has 4 aliphatic heterocycles. The van der Waals surface area contributed by atoms with Crippen LogP contribution in [0, 0.1) is 17.8 Å². The summed E-state index contributed by atoms with van der Waals surface area (Å²) in [5.41, 5.74) is -0.713. The van der Waals surface area contributed by atoms with E-state index in [4.69, 9.17) is 24.0 Å². The molecule has 1 spiro atoms. The topological polar surface area (TPSA) is 80.3 Å². The lowest BCUT2D eigenvalue weighted by Gasteiger charge is -2.56. The highest BCUT2D eigenvalue weighted by molar-refractivity contribution is 5.71. The fourth-order valence-corrected chi connectivity index (χ4v) is 5.11. The Bertz CT molecular complexity index is 560. The number of hydrogen-bond acceptors (Lipinski definition) is 7. The zero-order valence-electron chi connectivity index (χ0n) is 14.8. The molecule has 1 aliphatic carbocycles. The Labute approximate surface area is 147 Å². The van der Waals surface area contributed by atoms with Gasteiger partial charge in [0.2, 0.25) is 12.1 Å². The van der Waals surface area contributed by atoms with Crippen LogP contribution >= 0.6 is 0 Å². The van der Waals surface area contributed by atoms with Gasteiger partial charge in [-0.1, -0.05) is 6.92 Å². The molecule has 4 heterocycles. The molecule has 0 amide bonds. The molecule has 140 valence electrons. The number of fused-ring (bicyclic) bond motifs is 2. The third-order valence-corrected chi connectivity index (χ3v) is 6.41. The maximum absolute atomic E-state index is 12.1. The summed E-state index contributed by atoms with van der Waals surface area (Å²) < 4.78 is 16.8. The molecular weight excluding hydrogens is 328 g/mol. The summed E-state index contributed by atoms with van der Waals surface area (Å²) in [6.45, 7) is 4.33. The maximum atomic E-state index is 12.1. The summed E-state index contributed by atoms with van der Waals surface area (Å²) in [6.07, 6.45) is 3.55. The van der Waals surface area contributed by atoms with E-state index in [0.29, 0.717) is 31.8 Å².